The number of carbonyl (C=O) groups is 2. The van der Waals surface area contributed by atoms with Crippen LogP contribution in [0.15, 0.2) is 84.9 Å². The molecule has 166 valence electrons. The van der Waals surface area contributed by atoms with Gasteiger partial charge in [-0.2, -0.15) is 0 Å². The van der Waals surface area contributed by atoms with Crippen LogP contribution in [-0.2, 0) is 29.0 Å². The van der Waals surface area contributed by atoms with E-state index in [4.69, 9.17) is 4.74 Å². The van der Waals surface area contributed by atoms with E-state index in [1.165, 1.54) is 0 Å². The summed E-state index contributed by atoms with van der Waals surface area (Å²) in [7, 11) is 1.61. The number of benzene rings is 3. The second-order valence-electron chi connectivity index (χ2n) is 7.63. The van der Waals surface area contributed by atoms with E-state index in [9.17, 15) is 9.59 Å². The van der Waals surface area contributed by atoms with Crippen molar-refractivity contribution in [2.45, 2.75) is 32.4 Å². The molecule has 2 amide bonds. The summed E-state index contributed by atoms with van der Waals surface area (Å²) in [5, 5.41) is 2.92. The summed E-state index contributed by atoms with van der Waals surface area (Å²) < 4.78 is 5.22. The Balaban J connectivity index is 1.91. The minimum Gasteiger partial charge on any atom is -0.497 e. The molecule has 0 aromatic heterocycles. The van der Waals surface area contributed by atoms with Crippen molar-refractivity contribution in [2.24, 2.45) is 0 Å². The van der Waals surface area contributed by atoms with Crippen LogP contribution in [0, 0.1) is 0 Å². The van der Waals surface area contributed by atoms with Crippen LogP contribution in [0.2, 0.25) is 0 Å². The molecule has 5 heteroatoms. The van der Waals surface area contributed by atoms with Crippen LogP contribution in [0.1, 0.15) is 23.6 Å². The molecule has 1 N–H and O–H groups in total. The number of carbonyl (C=O) groups excluding carboxylic acids is 2. The van der Waals surface area contributed by atoms with Crippen molar-refractivity contribution in [2.75, 3.05) is 13.7 Å². The molecule has 0 spiro atoms. The highest BCUT2D eigenvalue weighted by atomic mass is 16.5. The monoisotopic (exact) mass is 430 g/mol. The maximum atomic E-state index is 13.5. The Kier molecular flexibility index (Phi) is 8.44. The second-order valence-corrected chi connectivity index (χ2v) is 7.63. The summed E-state index contributed by atoms with van der Waals surface area (Å²) in [4.78, 5) is 28.3. The Morgan fingerprint density at radius 3 is 2.00 bits per heavy atom. The Bertz CT molecular complexity index is 988. The third kappa shape index (κ3) is 6.45. The molecule has 5 nitrogen and oxygen atoms in total. The molecule has 3 aromatic carbocycles. The van der Waals surface area contributed by atoms with Gasteiger partial charge in [-0.15, -0.1) is 0 Å². The average molecular weight is 431 g/mol. The zero-order chi connectivity index (χ0) is 22.8. The van der Waals surface area contributed by atoms with Crippen molar-refractivity contribution in [3.63, 3.8) is 0 Å². The van der Waals surface area contributed by atoms with Crippen molar-refractivity contribution in [3.8, 4) is 5.75 Å². The van der Waals surface area contributed by atoms with Gasteiger partial charge >= 0.3 is 0 Å². The number of nitrogens with one attached hydrogen (secondary N) is 1. The molecule has 0 bridgehead atoms. The molecule has 0 aliphatic carbocycles. The van der Waals surface area contributed by atoms with Gasteiger partial charge in [0.25, 0.3) is 0 Å². The van der Waals surface area contributed by atoms with E-state index >= 15 is 0 Å². The Morgan fingerprint density at radius 1 is 0.844 bits per heavy atom. The minimum absolute atomic E-state index is 0.0915. The maximum absolute atomic E-state index is 13.5. The second kappa shape index (κ2) is 11.7. The number of hydrogen-bond donors (Lipinski definition) is 1. The molecule has 3 aromatic rings. The van der Waals surface area contributed by atoms with Gasteiger partial charge in [0, 0.05) is 19.5 Å². The van der Waals surface area contributed by atoms with E-state index in [1.54, 1.807) is 12.0 Å². The molecule has 0 aliphatic rings. The SMILES string of the molecule is CCNC(=O)C(Cc1ccccc1)N(Cc1ccccc1)C(=O)Cc1ccc(OC)cc1. The van der Waals surface area contributed by atoms with E-state index in [1.807, 2.05) is 91.9 Å². The standard InChI is InChI=1S/C27H30N2O3/c1-3-28-27(31)25(18-21-10-6-4-7-11-21)29(20-23-12-8-5-9-13-23)26(30)19-22-14-16-24(32-2)17-15-22/h4-17,25H,3,18-20H2,1-2H3,(H,28,31). The molecule has 0 saturated heterocycles. The lowest BCUT2D eigenvalue weighted by molar-refractivity contribution is -0.140. The predicted molar refractivity (Wildman–Crippen MR) is 126 cm³/mol. The Morgan fingerprint density at radius 2 is 1.44 bits per heavy atom. The summed E-state index contributed by atoms with van der Waals surface area (Å²) in [6, 6.07) is 26.5. The van der Waals surface area contributed by atoms with Crippen LogP contribution in [0.25, 0.3) is 0 Å². The minimum atomic E-state index is -0.608. The number of amides is 2. The first-order chi connectivity index (χ1) is 15.6. The van der Waals surface area contributed by atoms with Gasteiger partial charge in [0.15, 0.2) is 0 Å². The number of nitrogens with zero attached hydrogens (tertiary/aromatic N) is 1. The first-order valence-corrected chi connectivity index (χ1v) is 10.9. The van der Waals surface area contributed by atoms with Gasteiger partial charge in [-0.05, 0) is 35.7 Å². The fraction of sp³-hybridized carbons (Fsp3) is 0.259. The molecule has 32 heavy (non-hydrogen) atoms. The molecule has 1 atom stereocenters. The Hall–Kier alpha value is -3.60. The van der Waals surface area contributed by atoms with Gasteiger partial charge in [0.1, 0.15) is 11.8 Å². The van der Waals surface area contributed by atoms with Gasteiger partial charge in [-0.3, -0.25) is 9.59 Å². The normalized spacial score (nSPS) is 11.4. The topological polar surface area (TPSA) is 58.6 Å². The van der Waals surface area contributed by atoms with E-state index in [-0.39, 0.29) is 18.2 Å². The fourth-order valence-electron chi connectivity index (χ4n) is 3.65. The average Bonchev–Trinajstić information content (AvgIpc) is 2.83. The predicted octanol–water partition coefficient (Wildman–Crippen LogP) is 4.01. The highest BCUT2D eigenvalue weighted by Gasteiger charge is 2.30. The zero-order valence-electron chi connectivity index (χ0n) is 18.7. The third-order valence-electron chi connectivity index (χ3n) is 5.33. The summed E-state index contributed by atoms with van der Waals surface area (Å²) in [6.07, 6.45) is 0.662. The maximum Gasteiger partial charge on any atom is 0.243 e. The van der Waals surface area contributed by atoms with Crippen molar-refractivity contribution in [1.82, 2.24) is 10.2 Å². The number of likely N-dealkylation sites (N-methyl/N-ethyl adjacent to an activating group) is 1. The van der Waals surface area contributed by atoms with E-state index in [0.717, 1.165) is 22.4 Å². The summed E-state index contributed by atoms with van der Waals surface area (Å²) in [6.45, 7) is 2.76. The van der Waals surface area contributed by atoms with Gasteiger partial charge < -0.3 is 15.0 Å². The van der Waals surface area contributed by atoms with Crippen molar-refractivity contribution < 1.29 is 14.3 Å². The Labute approximate surface area is 190 Å². The zero-order valence-corrected chi connectivity index (χ0v) is 18.7. The third-order valence-corrected chi connectivity index (χ3v) is 5.33. The highest BCUT2D eigenvalue weighted by molar-refractivity contribution is 5.88. The van der Waals surface area contributed by atoms with Crippen LogP contribution in [0.3, 0.4) is 0 Å². The molecular weight excluding hydrogens is 400 g/mol. The molecule has 3 rings (SSSR count). The molecule has 0 radical (unpaired) electrons. The van der Waals surface area contributed by atoms with Gasteiger partial charge in [-0.25, -0.2) is 0 Å². The summed E-state index contributed by atoms with van der Waals surface area (Å²) in [5.41, 5.74) is 2.88. The molecule has 0 aliphatic heterocycles. The molecule has 0 fully saturated rings. The van der Waals surface area contributed by atoms with Crippen LogP contribution in [-0.4, -0.2) is 36.4 Å². The molecule has 1 unspecified atom stereocenters. The lowest BCUT2D eigenvalue weighted by Gasteiger charge is -2.31. The smallest absolute Gasteiger partial charge is 0.243 e. The van der Waals surface area contributed by atoms with Crippen molar-refractivity contribution >= 4 is 11.8 Å². The summed E-state index contributed by atoms with van der Waals surface area (Å²) >= 11 is 0. The fourth-order valence-corrected chi connectivity index (χ4v) is 3.65. The van der Waals surface area contributed by atoms with Crippen LogP contribution in [0.4, 0.5) is 0 Å². The van der Waals surface area contributed by atoms with Crippen molar-refractivity contribution in [3.05, 3.63) is 102 Å². The molecule has 0 saturated carbocycles. The van der Waals surface area contributed by atoms with E-state index in [0.29, 0.717) is 19.5 Å². The van der Waals surface area contributed by atoms with Crippen molar-refractivity contribution in [1.29, 1.82) is 0 Å². The van der Waals surface area contributed by atoms with Crippen LogP contribution >= 0.6 is 0 Å². The highest BCUT2D eigenvalue weighted by Crippen LogP contribution is 2.18. The van der Waals surface area contributed by atoms with E-state index < -0.39 is 6.04 Å². The lowest BCUT2D eigenvalue weighted by atomic mass is 10.0. The van der Waals surface area contributed by atoms with Crippen LogP contribution in [0.5, 0.6) is 5.75 Å². The molecular formula is C27H30N2O3. The largest absolute Gasteiger partial charge is 0.497 e. The first kappa shape index (κ1) is 23.1. The van der Waals surface area contributed by atoms with Crippen LogP contribution < -0.4 is 10.1 Å². The number of methoxy groups -OCH3 is 1. The quantitative estimate of drug-likeness (QED) is 0.529. The lowest BCUT2D eigenvalue weighted by Crippen LogP contribution is -2.50. The first-order valence-electron chi connectivity index (χ1n) is 10.9. The van der Waals surface area contributed by atoms with Gasteiger partial charge in [-0.1, -0.05) is 72.8 Å². The summed E-state index contributed by atoms with van der Waals surface area (Å²) in [5.74, 6) is 0.508. The number of hydrogen-bond acceptors (Lipinski definition) is 3. The number of rotatable bonds is 10. The molecule has 0 heterocycles. The number of ether oxygens (including phenoxy) is 1. The van der Waals surface area contributed by atoms with E-state index in [2.05, 4.69) is 5.32 Å². The van der Waals surface area contributed by atoms with Gasteiger partial charge in [0.2, 0.25) is 11.8 Å². The van der Waals surface area contributed by atoms with Gasteiger partial charge in [0.05, 0.1) is 13.5 Å².